The van der Waals surface area contributed by atoms with Crippen LogP contribution in [0.15, 0.2) is 0 Å². The molecular weight excluding hydrogens is 518 g/mol. The zero-order chi connectivity index (χ0) is 30.5. The van der Waals surface area contributed by atoms with Crippen molar-refractivity contribution < 1.29 is 9.59 Å². The molecule has 0 aromatic carbocycles. The summed E-state index contributed by atoms with van der Waals surface area (Å²) in [4.78, 5) is 30.7. The summed E-state index contributed by atoms with van der Waals surface area (Å²) in [7, 11) is 0. The monoisotopic (exact) mass is 592 g/mol. The summed E-state index contributed by atoms with van der Waals surface area (Å²) in [5.74, 6) is 1.07. The first-order chi connectivity index (χ1) is 20.6. The van der Waals surface area contributed by atoms with Gasteiger partial charge in [-0.2, -0.15) is 0 Å². The SMILES string of the molecule is CCCCCCCCCC(CCCCCCCCC)CCN(CCCCCCCCC)CC(=O)N1CCN(C=O)CC1. The van der Waals surface area contributed by atoms with Crippen LogP contribution in [-0.2, 0) is 9.59 Å². The molecule has 0 aromatic rings. The van der Waals surface area contributed by atoms with E-state index in [2.05, 4.69) is 25.7 Å². The number of amides is 2. The van der Waals surface area contributed by atoms with Gasteiger partial charge in [0.05, 0.1) is 6.54 Å². The van der Waals surface area contributed by atoms with Crippen molar-refractivity contribution in [1.82, 2.24) is 14.7 Å². The van der Waals surface area contributed by atoms with Crippen LogP contribution >= 0.6 is 0 Å². The van der Waals surface area contributed by atoms with Crippen LogP contribution in [0.25, 0.3) is 0 Å². The van der Waals surface area contributed by atoms with Crippen molar-refractivity contribution in [3.63, 3.8) is 0 Å². The summed E-state index contributed by atoms with van der Waals surface area (Å²) in [6.45, 7) is 12.3. The molecule has 5 heteroatoms. The molecule has 2 amide bonds. The number of piperazine rings is 1. The van der Waals surface area contributed by atoms with Gasteiger partial charge in [-0.3, -0.25) is 14.5 Å². The van der Waals surface area contributed by atoms with E-state index in [4.69, 9.17) is 0 Å². The summed E-state index contributed by atoms with van der Waals surface area (Å²) < 4.78 is 0. The Hall–Kier alpha value is -1.10. The average Bonchev–Trinajstić information content (AvgIpc) is 3.01. The smallest absolute Gasteiger partial charge is 0.236 e. The fourth-order valence-electron chi connectivity index (χ4n) is 6.51. The van der Waals surface area contributed by atoms with E-state index in [1.807, 2.05) is 4.90 Å². The summed E-state index contributed by atoms with van der Waals surface area (Å²) >= 11 is 0. The van der Waals surface area contributed by atoms with Crippen molar-refractivity contribution in [3.8, 4) is 0 Å². The van der Waals surface area contributed by atoms with Gasteiger partial charge in [-0.05, 0) is 31.8 Å². The molecule has 1 saturated heterocycles. The second kappa shape index (κ2) is 28.7. The standard InChI is InChI=1S/C37H73N3O2/c1-4-7-10-13-16-19-22-25-36(26-23-20-17-14-11-8-5-2)27-29-38(28-24-21-18-15-12-9-6-3)34-37(42)40-32-30-39(35-41)31-33-40/h35-36H,4-34H2,1-3H3. The number of hydrogen-bond donors (Lipinski definition) is 0. The second-order valence-electron chi connectivity index (χ2n) is 13.4. The number of rotatable bonds is 30. The molecular formula is C37H73N3O2. The van der Waals surface area contributed by atoms with E-state index in [9.17, 15) is 9.59 Å². The van der Waals surface area contributed by atoms with Crippen LogP contribution in [0.5, 0.6) is 0 Å². The number of hydrogen-bond acceptors (Lipinski definition) is 3. The molecule has 1 rings (SSSR count). The van der Waals surface area contributed by atoms with Crippen molar-refractivity contribution in [3.05, 3.63) is 0 Å². The van der Waals surface area contributed by atoms with Crippen LogP contribution in [0.1, 0.15) is 175 Å². The highest BCUT2D eigenvalue weighted by Crippen LogP contribution is 2.23. The molecule has 0 atom stereocenters. The Morgan fingerprint density at radius 3 is 1.45 bits per heavy atom. The van der Waals surface area contributed by atoms with Crippen molar-refractivity contribution in [2.24, 2.45) is 5.92 Å². The van der Waals surface area contributed by atoms with Crippen molar-refractivity contribution in [1.29, 1.82) is 0 Å². The molecule has 1 aliphatic rings. The molecule has 0 unspecified atom stereocenters. The average molecular weight is 592 g/mol. The van der Waals surface area contributed by atoms with E-state index in [1.165, 1.54) is 154 Å². The van der Waals surface area contributed by atoms with Crippen LogP contribution in [0.3, 0.4) is 0 Å². The van der Waals surface area contributed by atoms with Gasteiger partial charge in [-0.25, -0.2) is 0 Å². The quantitative estimate of drug-likeness (QED) is 0.0617. The van der Waals surface area contributed by atoms with Gasteiger partial charge in [0.1, 0.15) is 0 Å². The highest BCUT2D eigenvalue weighted by Gasteiger charge is 2.22. The Kier molecular flexibility index (Phi) is 26.6. The van der Waals surface area contributed by atoms with Crippen LogP contribution in [0.2, 0.25) is 0 Å². The molecule has 1 fully saturated rings. The van der Waals surface area contributed by atoms with Gasteiger partial charge in [0.2, 0.25) is 12.3 Å². The Bertz CT molecular complexity index is 588. The first-order valence-corrected chi connectivity index (χ1v) is 18.8. The molecule has 0 aromatic heterocycles. The van der Waals surface area contributed by atoms with Gasteiger partial charge in [-0.1, -0.05) is 162 Å². The largest absolute Gasteiger partial charge is 0.342 e. The van der Waals surface area contributed by atoms with Crippen LogP contribution in [0.4, 0.5) is 0 Å². The maximum atomic E-state index is 13.3. The third-order valence-corrected chi connectivity index (χ3v) is 9.54. The lowest BCUT2D eigenvalue weighted by Crippen LogP contribution is -2.51. The minimum absolute atomic E-state index is 0.263. The number of carbonyl (C=O) groups excluding carboxylic acids is 2. The van der Waals surface area contributed by atoms with E-state index >= 15 is 0 Å². The molecule has 248 valence electrons. The molecule has 0 radical (unpaired) electrons. The van der Waals surface area contributed by atoms with Crippen molar-refractivity contribution in [2.75, 3.05) is 45.8 Å². The summed E-state index contributed by atoms with van der Waals surface area (Å²) in [5.41, 5.74) is 0. The van der Waals surface area contributed by atoms with Crippen LogP contribution in [-0.4, -0.2) is 72.8 Å². The van der Waals surface area contributed by atoms with E-state index in [1.54, 1.807) is 4.90 Å². The van der Waals surface area contributed by atoms with Gasteiger partial charge < -0.3 is 9.80 Å². The number of unbranched alkanes of at least 4 members (excludes halogenated alkanes) is 18. The lowest BCUT2D eigenvalue weighted by Gasteiger charge is -2.34. The maximum absolute atomic E-state index is 13.3. The van der Waals surface area contributed by atoms with Gasteiger partial charge in [0.15, 0.2) is 0 Å². The Morgan fingerprint density at radius 2 is 1.00 bits per heavy atom. The molecule has 0 aliphatic carbocycles. The third kappa shape index (κ3) is 21.6. The van der Waals surface area contributed by atoms with Gasteiger partial charge in [0, 0.05) is 26.2 Å². The van der Waals surface area contributed by atoms with E-state index < -0.39 is 0 Å². The summed E-state index contributed by atoms with van der Waals surface area (Å²) in [6.07, 6.45) is 33.5. The molecule has 0 saturated carbocycles. The lowest BCUT2D eigenvalue weighted by atomic mass is 9.91. The highest BCUT2D eigenvalue weighted by atomic mass is 16.2. The second-order valence-corrected chi connectivity index (χ2v) is 13.4. The van der Waals surface area contributed by atoms with Crippen molar-refractivity contribution >= 4 is 12.3 Å². The molecule has 0 bridgehead atoms. The van der Waals surface area contributed by atoms with E-state index in [0.717, 1.165) is 25.4 Å². The zero-order valence-corrected chi connectivity index (χ0v) is 28.7. The molecule has 42 heavy (non-hydrogen) atoms. The van der Waals surface area contributed by atoms with Gasteiger partial charge in [0.25, 0.3) is 0 Å². The fraction of sp³-hybridized carbons (Fsp3) is 0.946. The first-order valence-electron chi connectivity index (χ1n) is 18.8. The Morgan fingerprint density at radius 1 is 0.571 bits per heavy atom. The maximum Gasteiger partial charge on any atom is 0.236 e. The lowest BCUT2D eigenvalue weighted by molar-refractivity contribution is -0.136. The topological polar surface area (TPSA) is 43.9 Å². The predicted octanol–water partition coefficient (Wildman–Crippen LogP) is 9.63. The highest BCUT2D eigenvalue weighted by molar-refractivity contribution is 5.78. The molecule has 1 heterocycles. The van der Waals surface area contributed by atoms with Crippen molar-refractivity contribution in [2.45, 2.75) is 175 Å². The van der Waals surface area contributed by atoms with E-state index in [0.29, 0.717) is 32.7 Å². The summed E-state index contributed by atoms with van der Waals surface area (Å²) in [6, 6.07) is 0. The third-order valence-electron chi connectivity index (χ3n) is 9.54. The minimum atomic E-state index is 0.263. The zero-order valence-electron chi connectivity index (χ0n) is 28.7. The van der Waals surface area contributed by atoms with Gasteiger partial charge in [-0.15, -0.1) is 0 Å². The number of nitrogens with zero attached hydrogens (tertiary/aromatic N) is 3. The molecule has 5 nitrogen and oxygen atoms in total. The van der Waals surface area contributed by atoms with Crippen LogP contribution in [0, 0.1) is 5.92 Å². The Labute approximate surface area is 262 Å². The van der Waals surface area contributed by atoms with E-state index in [-0.39, 0.29) is 5.91 Å². The van der Waals surface area contributed by atoms with Gasteiger partial charge >= 0.3 is 0 Å². The van der Waals surface area contributed by atoms with Crippen LogP contribution < -0.4 is 0 Å². The molecule has 1 aliphatic heterocycles. The normalized spacial score (nSPS) is 13.9. The first kappa shape index (κ1) is 38.9. The molecule has 0 spiro atoms. The summed E-state index contributed by atoms with van der Waals surface area (Å²) in [5, 5.41) is 0. The predicted molar refractivity (Wildman–Crippen MR) is 182 cm³/mol. The fourth-order valence-corrected chi connectivity index (χ4v) is 6.51. The Balaban J connectivity index is 2.59. The molecule has 0 N–H and O–H groups in total. The minimum Gasteiger partial charge on any atom is -0.342 e. The number of carbonyl (C=O) groups is 2.